The van der Waals surface area contributed by atoms with Crippen LogP contribution in [0.5, 0.6) is 0 Å². The highest BCUT2D eigenvalue weighted by Crippen LogP contribution is 2.55. The molecule has 0 amide bonds. The molecule has 2 N–H and O–H groups in total. The second-order valence-electron chi connectivity index (χ2n) is 10.6. The maximum absolute atomic E-state index is 13.4. The molecule has 8 rings (SSSR count). The van der Waals surface area contributed by atoms with Crippen molar-refractivity contribution in [3.8, 4) is 0 Å². The van der Waals surface area contributed by atoms with Crippen molar-refractivity contribution in [3.63, 3.8) is 0 Å². The second-order valence-corrected chi connectivity index (χ2v) is 12.8. The Labute approximate surface area is 200 Å². The number of fused-ring (bicyclic) bond motifs is 3. The number of piperidine rings is 1. The third-order valence-corrected chi connectivity index (χ3v) is 10.8. The molecule has 6 aliphatic rings. The molecule has 174 valence electrons. The van der Waals surface area contributed by atoms with Crippen LogP contribution in [0.4, 0.5) is 11.8 Å². The van der Waals surface area contributed by atoms with Gasteiger partial charge in [0.15, 0.2) is 0 Å². The Morgan fingerprint density at radius 1 is 1.12 bits per heavy atom. The Balaban J connectivity index is 1.20. The van der Waals surface area contributed by atoms with E-state index >= 15 is 0 Å². The number of hydrogen-bond acceptors (Lipinski definition) is 8. The molecule has 0 aromatic carbocycles. The normalized spacial score (nSPS) is 32.1. The molecular weight excluding hydrogens is 460 g/mol. The molecular formula is C23H27ClN6O2S. The lowest BCUT2D eigenvalue weighted by molar-refractivity contribution is 0.143. The molecule has 10 heteroatoms. The molecule has 5 heterocycles. The Hall–Kier alpha value is -1.84. The van der Waals surface area contributed by atoms with E-state index in [9.17, 15) is 9.32 Å². The number of aromatic nitrogens is 4. The van der Waals surface area contributed by atoms with Gasteiger partial charge in [0, 0.05) is 36.8 Å². The number of nitrogens with one attached hydrogen (secondary N) is 1. The van der Waals surface area contributed by atoms with E-state index in [1.165, 1.54) is 0 Å². The van der Waals surface area contributed by atoms with Crippen molar-refractivity contribution >= 4 is 34.2 Å². The molecule has 5 fully saturated rings. The van der Waals surface area contributed by atoms with E-state index < -0.39 is 10.8 Å². The number of aliphatic hydroxyl groups excluding tert-OH is 1. The van der Waals surface area contributed by atoms with Crippen LogP contribution in [-0.4, -0.2) is 58.2 Å². The average molecular weight is 487 g/mol. The Morgan fingerprint density at radius 2 is 1.85 bits per heavy atom. The average Bonchev–Trinajstić information content (AvgIpc) is 3.51. The van der Waals surface area contributed by atoms with Gasteiger partial charge in [0.25, 0.3) is 0 Å². The summed E-state index contributed by atoms with van der Waals surface area (Å²) < 4.78 is 13.2. The monoisotopic (exact) mass is 486 g/mol. The molecule has 33 heavy (non-hydrogen) atoms. The van der Waals surface area contributed by atoms with Crippen molar-refractivity contribution < 1.29 is 9.32 Å². The number of nitrogens with zero attached hydrogens (tertiary/aromatic N) is 5. The van der Waals surface area contributed by atoms with Crippen LogP contribution in [0.2, 0.25) is 5.02 Å². The summed E-state index contributed by atoms with van der Waals surface area (Å²) in [4.78, 5) is 22.0. The van der Waals surface area contributed by atoms with Crippen LogP contribution in [0.1, 0.15) is 68.8 Å². The lowest BCUT2D eigenvalue weighted by Crippen LogP contribution is -2.61. The third kappa shape index (κ3) is 3.08. The summed E-state index contributed by atoms with van der Waals surface area (Å²) >= 11 is 5.97. The van der Waals surface area contributed by atoms with Crippen LogP contribution in [-0.2, 0) is 17.2 Å². The predicted molar refractivity (Wildman–Crippen MR) is 125 cm³/mol. The summed E-state index contributed by atoms with van der Waals surface area (Å²) in [7, 11) is -1.08. The summed E-state index contributed by atoms with van der Waals surface area (Å²) in [6.45, 7) is 0.0661. The molecule has 3 aliphatic carbocycles. The molecule has 2 bridgehead atoms. The summed E-state index contributed by atoms with van der Waals surface area (Å²) in [5.41, 5.74) is 0.596. The molecule has 1 spiro atoms. The first-order valence-corrected chi connectivity index (χ1v) is 13.5. The highest BCUT2D eigenvalue weighted by atomic mass is 35.5. The number of anilines is 2. The first kappa shape index (κ1) is 20.5. The van der Waals surface area contributed by atoms with Gasteiger partial charge in [0.05, 0.1) is 38.4 Å². The molecule has 2 aromatic heterocycles. The van der Waals surface area contributed by atoms with Crippen LogP contribution in [0.15, 0.2) is 17.3 Å². The van der Waals surface area contributed by atoms with Gasteiger partial charge in [-0.2, -0.15) is 4.98 Å². The Morgan fingerprint density at radius 3 is 2.45 bits per heavy atom. The zero-order valence-corrected chi connectivity index (χ0v) is 19.9. The fourth-order valence-corrected chi connectivity index (χ4v) is 8.08. The number of halogens is 1. The Kier molecular flexibility index (Phi) is 4.41. The summed E-state index contributed by atoms with van der Waals surface area (Å²) in [6.07, 6.45) is 12.1. The van der Waals surface area contributed by atoms with Gasteiger partial charge < -0.3 is 15.3 Å². The second kappa shape index (κ2) is 7.09. The fourth-order valence-electron chi connectivity index (χ4n) is 6.21. The quantitative estimate of drug-likeness (QED) is 0.664. The minimum Gasteiger partial charge on any atom is -0.394 e. The van der Waals surface area contributed by atoms with Crippen molar-refractivity contribution in [2.75, 3.05) is 16.8 Å². The van der Waals surface area contributed by atoms with Crippen molar-refractivity contribution in [1.82, 2.24) is 19.9 Å². The van der Waals surface area contributed by atoms with Gasteiger partial charge in [-0.25, -0.2) is 15.0 Å². The van der Waals surface area contributed by atoms with E-state index in [1.54, 1.807) is 12.4 Å². The minimum absolute atomic E-state index is 0.0661. The van der Waals surface area contributed by atoms with Crippen molar-refractivity contribution in [3.05, 3.63) is 28.9 Å². The Bertz CT molecular complexity index is 1130. The summed E-state index contributed by atoms with van der Waals surface area (Å²) in [5, 5.41) is 14.1. The van der Waals surface area contributed by atoms with Crippen molar-refractivity contribution in [2.45, 2.75) is 91.0 Å². The molecule has 2 aromatic rings. The van der Waals surface area contributed by atoms with Crippen LogP contribution in [0.3, 0.4) is 0 Å². The van der Waals surface area contributed by atoms with Crippen molar-refractivity contribution in [1.29, 1.82) is 0 Å². The smallest absolute Gasteiger partial charge is 0.228 e. The van der Waals surface area contributed by atoms with Crippen LogP contribution >= 0.6 is 11.6 Å². The van der Waals surface area contributed by atoms with Crippen LogP contribution in [0.25, 0.3) is 0 Å². The molecule has 2 saturated heterocycles. The van der Waals surface area contributed by atoms with Gasteiger partial charge in [-0.3, -0.25) is 4.21 Å². The van der Waals surface area contributed by atoms with E-state index in [-0.39, 0.29) is 16.9 Å². The van der Waals surface area contributed by atoms with Crippen molar-refractivity contribution in [2.24, 2.45) is 0 Å². The first-order valence-electron chi connectivity index (χ1n) is 12.0. The van der Waals surface area contributed by atoms with Crippen LogP contribution < -0.4 is 10.2 Å². The molecule has 3 atom stereocenters. The largest absolute Gasteiger partial charge is 0.394 e. The summed E-state index contributed by atoms with van der Waals surface area (Å²) in [6, 6.07) is 0.715. The van der Waals surface area contributed by atoms with E-state index in [1.807, 2.05) is 0 Å². The third-order valence-electron chi connectivity index (χ3n) is 8.48. The highest BCUT2D eigenvalue weighted by molar-refractivity contribution is 7.87. The minimum atomic E-state index is -1.08. The van der Waals surface area contributed by atoms with Gasteiger partial charge in [0.2, 0.25) is 5.95 Å². The zero-order chi connectivity index (χ0) is 22.4. The predicted octanol–water partition coefficient (Wildman–Crippen LogP) is 2.97. The van der Waals surface area contributed by atoms with E-state index in [0.717, 1.165) is 80.1 Å². The lowest BCUT2D eigenvalue weighted by Gasteiger charge is -2.55. The first-order chi connectivity index (χ1) is 16.0. The fraction of sp³-hybridized carbons (Fsp3) is 0.652. The maximum Gasteiger partial charge on any atom is 0.228 e. The van der Waals surface area contributed by atoms with Gasteiger partial charge in [0.1, 0.15) is 16.5 Å². The standard InChI is InChI=1S/C23H27ClN6O2S/c24-14-10-25-19(26-11-14)13-6-15-8-16(7-13)30(15)21-27-17-9-23(4-5-23)33(32)18(17)20(28-21)29-22(12-31)2-1-3-22/h10-11,13,15-16,31H,1-9,12H2,(H,27,28,29). The number of aliphatic hydroxyl groups is 1. The maximum atomic E-state index is 13.4. The lowest BCUT2D eigenvalue weighted by atomic mass is 9.73. The van der Waals surface area contributed by atoms with Gasteiger partial charge in [-0.1, -0.05) is 11.6 Å². The topological polar surface area (TPSA) is 104 Å². The van der Waals surface area contributed by atoms with Crippen LogP contribution in [0, 0.1) is 0 Å². The molecule has 8 nitrogen and oxygen atoms in total. The van der Waals surface area contributed by atoms with E-state index in [0.29, 0.717) is 28.8 Å². The highest BCUT2D eigenvalue weighted by Gasteiger charge is 2.57. The van der Waals surface area contributed by atoms with Gasteiger partial charge >= 0.3 is 0 Å². The van der Waals surface area contributed by atoms with Gasteiger partial charge in [-0.05, 0) is 51.4 Å². The molecule has 3 aliphatic heterocycles. The van der Waals surface area contributed by atoms with Gasteiger partial charge in [-0.15, -0.1) is 0 Å². The zero-order valence-electron chi connectivity index (χ0n) is 18.3. The molecule has 3 unspecified atom stereocenters. The van der Waals surface area contributed by atoms with E-state index in [4.69, 9.17) is 21.6 Å². The SMILES string of the molecule is O=S1c2c(nc(N3C4CC(c5ncc(Cl)cn5)CC3C4)nc2NC2(CO)CCC2)CC12CC2. The number of hydrogen-bond donors (Lipinski definition) is 2. The summed E-state index contributed by atoms with van der Waals surface area (Å²) in [5.74, 6) is 2.62. The molecule has 0 radical (unpaired) electrons. The number of rotatable bonds is 5. The van der Waals surface area contributed by atoms with E-state index in [2.05, 4.69) is 20.2 Å². The molecule has 3 saturated carbocycles.